The first-order valence-corrected chi connectivity index (χ1v) is 12.0. The maximum absolute atomic E-state index is 14.3. The summed E-state index contributed by atoms with van der Waals surface area (Å²) in [5.74, 6) is -6.27. The minimum atomic E-state index is -5.82. The second-order valence-electron chi connectivity index (χ2n) is 9.04. The summed E-state index contributed by atoms with van der Waals surface area (Å²) in [6, 6.07) is 10.8. The fourth-order valence-electron chi connectivity index (χ4n) is 4.26. The van der Waals surface area contributed by atoms with Crippen molar-refractivity contribution in [2.45, 2.75) is 31.0 Å². The van der Waals surface area contributed by atoms with Crippen molar-refractivity contribution in [1.82, 2.24) is 20.5 Å². The Morgan fingerprint density at radius 1 is 1.10 bits per heavy atom. The predicted octanol–water partition coefficient (Wildman–Crippen LogP) is 5.98. The highest BCUT2D eigenvalue weighted by molar-refractivity contribution is 6.08. The molecule has 4 aromatic rings. The summed E-state index contributed by atoms with van der Waals surface area (Å²) in [6.45, 7) is 0.600. The number of nitrogens with zero attached hydrogens (tertiary/aromatic N) is 2. The minimum Gasteiger partial charge on any atom is -0.491 e. The quantitative estimate of drug-likeness (QED) is 0.202. The molecule has 0 aliphatic carbocycles. The van der Waals surface area contributed by atoms with E-state index in [1.54, 1.807) is 18.3 Å². The van der Waals surface area contributed by atoms with Crippen LogP contribution in [0.3, 0.4) is 0 Å². The fourth-order valence-corrected chi connectivity index (χ4v) is 4.26. The van der Waals surface area contributed by atoms with Crippen LogP contribution < -0.4 is 20.7 Å². The van der Waals surface area contributed by atoms with Gasteiger partial charge in [-0.15, -0.1) is 0 Å². The number of amides is 1. The predicted molar refractivity (Wildman–Crippen MR) is 137 cm³/mol. The average molecular weight is 549 g/mol. The fraction of sp³-hybridized carbons (Fsp3) is 0.269. The zero-order valence-electron chi connectivity index (χ0n) is 20.3. The summed E-state index contributed by atoms with van der Waals surface area (Å²) >= 11 is 0. The lowest BCUT2D eigenvalue weighted by Crippen LogP contribution is -2.35. The molecule has 1 aliphatic rings. The highest BCUT2D eigenvalue weighted by Gasteiger charge is 2.60. The SMILES string of the molecule is O=C(Nc1ccc(C(F)(F)C(F)(F)F)c(OC[C@H]2CCCN2)c1)c1cccnc1Nc1ccc2cn[nH]c2c1.[HH]. The minimum absolute atomic E-state index is 0. The van der Waals surface area contributed by atoms with E-state index in [9.17, 15) is 26.7 Å². The van der Waals surface area contributed by atoms with Crippen molar-refractivity contribution in [1.29, 1.82) is 0 Å². The van der Waals surface area contributed by atoms with Gasteiger partial charge in [-0.25, -0.2) is 4.98 Å². The van der Waals surface area contributed by atoms with E-state index in [4.69, 9.17) is 4.74 Å². The Bertz CT molecular complexity index is 1490. The van der Waals surface area contributed by atoms with Crippen LogP contribution >= 0.6 is 0 Å². The number of benzene rings is 2. The molecule has 0 spiro atoms. The van der Waals surface area contributed by atoms with Crippen LogP contribution in [-0.4, -0.2) is 46.5 Å². The van der Waals surface area contributed by atoms with Gasteiger partial charge in [-0.3, -0.25) is 9.89 Å². The molecular formula is C26H25F5N6O2. The lowest BCUT2D eigenvalue weighted by Gasteiger charge is -2.24. The van der Waals surface area contributed by atoms with Crippen LogP contribution in [0, 0.1) is 0 Å². The Morgan fingerprint density at radius 2 is 1.92 bits per heavy atom. The van der Waals surface area contributed by atoms with E-state index in [1.807, 2.05) is 6.07 Å². The number of hydrogen-bond donors (Lipinski definition) is 4. The molecule has 1 saturated heterocycles. The summed E-state index contributed by atoms with van der Waals surface area (Å²) in [5.41, 5.74) is 0.144. The molecule has 5 rings (SSSR count). The number of anilines is 3. The lowest BCUT2D eigenvalue weighted by atomic mass is 10.1. The van der Waals surface area contributed by atoms with Gasteiger partial charge < -0.3 is 20.7 Å². The summed E-state index contributed by atoms with van der Waals surface area (Å²) in [6.07, 6.45) is -1.14. The van der Waals surface area contributed by atoms with E-state index in [-0.39, 0.29) is 31.1 Å². The van der Waals surface area contributed by atoms with Crippen LogP contribution in [-0.2, 0) is 5.92 Å². The number of aromatic nitrogens is 3. The summed E-state index contributed by atoms with van der Waals surface area (Å²) < 4.78 is 73.5. The van der Waals surface area contributed by atoms with Crippen LogP contribution in [0.5, 0.6) is 5.75 Å². The molecule has 1 amide bonds. The number of nitrogens with one attached hydrogen (secondary N) is 4. The molecule has 1 fully saturated rings. The third-order valence-electron chi connectivity index (χ3n) is 6.29. The number of H-pyrrole nitrogens is 1. The van der Waals surface area contributed by atoms with Gasteiger partial charge in [0.1, 0.15) is 18.2 Å². The Balaban J connectivity index is 0.00000370. The van der Waals surface area contributed by atoms with Gasteiger partial charge in [0, 0.05) is 36.5 Å². The van der Waals surface area contributed by atoms with Gasteiger partial charge in [0.2, 0.25) is 0 Å². The average Bonchev–Trinajstić information content (AvgIpc) is 3.59. The molecule has 0 bridgehead atoms. The van der Waals surface area contributed by atoms with Gasteiger partial charge in [-0.2, -0.15) is 27.1 Å². The Kier molecular flexibility index (Phi) is 7.08. The Hall–Kier alpha value is -4.26. The molecule has 39 heavy (non-hydrogen) atoms. The molecule has 3 heterocycles. The maximum Gasteiger partial charge on any atom is 0.458 e. The molecule has 13 heteroatoms. The van der Waals surface area contributed by atoms with Crippen LogP contribution in [0.25, 0.3) is 10.9 Å². The molecule has 1 aliphatic heterocycles. The van der Waals surface area contributed by atoms with Crippen LogP contribution in [0.15, 0.2) is 60.9 Å². The normalized spacial score (nSPS) is 15.9. The number of pyridine rings is 1. The number of rotatable bonds is 8. The van der Waals surface area contributed by atoms with Crippen LogP contribution in [0.1, 0.15) is 30.2 Å². The van der Waals surface area contributed by atoms with Crippen molar-refractivity contribution in [3.63, 3.8) is 0 Å². The van der Waals surface area contributed by atoms with E-state index >= 15 is 0 Å². The van der Waals surface area contributed by atoms with E-state index in [0.717, 1.165) is 29.5 Å². The number of halogens is 5. The van der Waals surface area contributed by atoms with E-state index in [0.29, 0.717) is 24.7 Å². The first kappa shape index (κ1) is 26.4. The molecule has 0 unspecified atom stereocenters. The summed E-state index contributed by atoms with van der Waals surface area (Å²) in [7, 11) is 0. The Morgan fingerprint density at radius 3 is 2.69 bits per heavy atom. The number of fused-ring (bicyclic) bond motifs is 1. The molecule has 0 radical (unpaired) electrons. The summed E-state index contributed by atoms with van der Waals surface area (Å²) in [4.78, 5) is 17.3. The topological polar surface area (TPSA) is 104 Å². The van der Waals surface area contributed by atoms with Gasteiger partial charge in [0.05, 0.1) is 22.8 Å². The van der Waals surface area contributed by atoms with Crippen LogP contribution in [0.2, 0.25) is 0 Å². The highest BCUT2D eigenvalue weighted by atomic mass is 19.4. The van der Waals surface area contributed by atoms with Gasteiger partial charge >= 0.3 is 12.1 Å². The lowest BCUT2D eigenvalue weighted by molar-refractivity contribution is -0.289. The molecule has 0 saturated carbocycles. The van der Waals surface area contributed by atoms with E-state index < -0.39 is 29.3 Å². The zero-order valence-corrected chi connectivity index (χ0v) is 20.3. The molecule has 4 N–H and O–H groups in total. The van der Waals surface area contributed by atoms with E-state index in [2.05, 4.69) is 31.1 Å². The van der Waals surface area contributed by atoms with Crippen molar-refractivity contribution in [2.24, 2.45) is 0 Å². The number of carbonyl (C=O) groups excluding carboxylic acids is 1. The third kappa shape index (κ3) is 5.62. The third-order valence-corrected chi connectivity index (χ3v) is 6.29. The van der Waals surface area contributed by atoms with Gasteiger partial charge in [0.15, 0.2) is 0 Å². The van der Waals surface area contributed by atoms with Gasteiger partial charge in [0.25, 0.3) is 5.91 Å². The molecule has 2 aromatic heterocycles. The van der Waals surface area contributed by atoms with Crippen molar-refractivity contribution >= 4 is 34.0 Å². The van der Waals surface area contributed by atoms with Crippen LogP contribution in [0.4, 0.5) is 39.1 Å². The molecular weight excluding hydrogens is 523 g/mol. The smallest absolute Gasteiger partial charge is 0.458 e. The number of hydrogen-bond acceptors (Lipinski definition) is 6. The summed E-state index contributed by atoms with van der Waals surface area (Å²) in [5, 5.41) is 16.4. The molecule has 206 valence electrons. The highest BCUT2D eigenvalue weighted by Crippen LogP contribution is 2.47. The largest absolute Gasteiger partial charge is 0.491 e. The standard InChI is InChI=1S/C26H23F5N6O2.H2/c27-25(28,26(29,30)31)20-8-7-17(12-22(20)39-14-18-3-1-9-32-18)36-24(38)19-4-2-10-33-23(19)35-16-6-5-15-13-34-37-21(15)11-16;/h2,4-8,10-13,18,32H,1,3,9,14H2,(H,33,35)(H,34,37)(H,36,38);1H/t18-;/m1./s1. The zero-order chi connectivity index (χ0) is 27.6. The Labute approximate surface area is 220 Å². The number of alkyl halides is 5. The van der Waals surface area contributed by atoms with Crippen molar-refractivity contribution in [3.8, 4) is 5.75 Å². The van der Waals surface area contributed by atoms with Crippen molar-refractivity contribution in [3.05, 3.63) is 72.1 Å². The molecule has 8 nitrogen and oxygen atoms in total. The molecule has 1 atom stereocenters. The second-order valence-corrected chi connectivity index (χ2v) is 9.04. The van der Waals surface area contributed by atoms with Gasteiger partial charge in [-0.05, 0) is 61.9 Å². The molecule has 2 aromatic carbocycles. The number of aromatic amines is 1. The first-order valence-electron chi connectivity index (χ1n) is 12.0. The van der Waals surface area contributed by atoms with Gasteiger partial charge in [-0.1, -0.05) is 0 Å². The number of carbonyl (C=O) groups is 1. The monoisotopic (exact) mass is 548 g/mol. The van der Waals surface area contributed by atoms with Crippen molar-refractivity contribution in [2.75, 3.05) is 23.8 Å². The number of ether oxygens (including phenoxy) is 1. The second kappa shape index (κ2) is 10.5. The first-order chi connectivity index (χ1) is 18.6. The van der Waals surface area contributed by atoms with Crippen molar-refractivity contribution < 1.29 is 32.9 Å². The maximum atomic E-state index is 14.3. The van der Waals surface area contributed by atoms with E-state index in [1.165, 1.54) is 18.3 Å².